The molecule has 1 N–H and O–H groups in total. The van der Waals surface area contributed by atoms with Crippen LogP contribution in [0.2, 0.25) is 5.02 Å². The van der Waals surface area contributed by atoms with Gasteiger partial charge in [-0.15, -0.1) is 0 Å². The highest BCUT2D eigenvalue weighted by Crippen LogP contribution is 2.26. The van der Waals surface area contributed by atoms with Crippen molar-refractivity contribution in [1.29, 1.82) is 0 Å². The van der Waals surface area contributed by atoms with Crippen molar-refractivity contribution >= 4 is 17.5 Å². The van der Waals surface area contributed by atoms with Crippen LogP contribution in [0.3, 0.4) is 0 Å². The summed E-state index contributed by atoms with van der Waals surface area (Å²) in [4.78, 5) is 16.3. The van der Waals surface area contributed by atoms with E-state index in [4.69, 9.17) is 11.6 Å². The second kappa shape index (κ2) is 6.57. The van der Waals surface area contributed by atoms with E-state index in [0.717, 1.165) is 25.1 Å². The Bertz CT molecular complexity index is 461. The first-order valence-electron chi connectivity index (χ1n) is 6.96. The van der Waals surface area contributed by atoms with E-state index >= 15 is 0 Å². The average molecular weight is 296 g/mol. The number of nitrogens with one attached hydrogen (secondary N) is 1. The van der Waals surface area contributed by atoms with Crippen LogP contribution in [0.25, 0.3) is 0 Å². The van der Waals surface area contributed by atoms with Gasteiger partial charge in [0.25, 0.3) is 0 Å². The van der Waals surface area contributed by atoms with Crippen LogP contribution < -0.4 is 5.32 Å². The van der Waals surface area contributed by atoms with Crippen LogP contribution in [0.4, 0.5) is 0 Å². The van der Waals surface area contributed by atoms with Gasteiger partial charge in [0.2, 0.25) is 5.91 Å². The fourth-order valence-corrected chi connectivity index (χ4v) is 2.62. The zero-order valence-corrected chi connectivity index (χ0v) is 13.0. The summed E-state index contributed by atoms with van der Waals surface area (Å²) in [7, 11) is 4.09. The van der Waals surface area contributed by atoms with Crippen molar-refractivity contribution in [2.75, 3.05) is 27.2 Å². The van der Waals surface area contributed by atoms with E-state index < -0.39 is 0 Å². The van der Waals surface area contributed by atoms with Crippen LogP contribution in [0, 0.1) is 0 Å². The highest BCUT2D eigenvalue weighted by atomic mass is 35.5. The Morgan fingerprint density at radius 2 is 1.95 bits per heavy atom. The standard InChI is InChI=1S/C15H22ClN3O/c1-11-15(20)19(10-4-9-18(2)3)14(17-11)12-5-7-13(16)8-6-12/h5-8,11,14,17H,4,9-10H2,1-3H3. The van der Waals surface area contributed by atoms with Crippen LogP contribution in [-0.2, 0) is 4.79 Å². The molecule has 1 aliphatic heterocycles. The number of carbonyl (C=O) groups is 1. The Balaban J connectivity index is 2.09. The van der Waals surface area contributed by atoms with Gasteiger partial charge in [-0.2, -0.15) is 0 Å². The smallest absolute Gasteiger partial charge is 0.241 e. The maximum Gasteiger partial charge on any atom is 0.241 e. The van der Waals surface area contributed by atoms with Crippen molar-refractivity contribution < 1.29 is 4.79 Å². The molecule has 2 unspecified atom stereocenters. The summed E-state index contributed by atoms with van der Waals surface area (Å²) in [5.41, 5.74) is 1.08. The van der Waals surface area contributed by atoms with Crippen LogP contribution in [0.15, 0.2) is 24.3 Å². The summed E-state index contributed by atoms with van der Waals surface area (Å²) in [6.45, 7) is 3.66. The maximum atomic E-state index is 12.3. The molecule has 110 valence electrons. The van der Waals surface area contributed by atoms with Crippen molar-refractivity contribution in [3.63, 3.8) is 0 Å². The number of benzene rings is 1. The van der Waals surface area contributed by atoms with Gasteiger partial charge in [0.05, 0.1) is 6.04 Å². The highest BCUT2D eigenvalue weighted by Gasteiger charge is 2.36. The number of rotatable bonds is 5. The average Bonchev–Trinajstić information content (AvgIpc) is 2.67. The Morgan fingerprint density at radius 3 is 2.55 bits per heavy atom. The van der Waals surface area contributed by atoms with Gasteiger partial charge in [-0.3, -0.25) is 10.1 Å². The summed E-state index contributed by atoms with van der Waals surface area (Å²) in [6, 6.07) is 7.55. The van der Waals surface area contributed by atoms with E-state index in [1.54, 1.807) is 0 Å². The van der Waals surface area contributed by atoms with Gasteiger partial charge in [0.1, 0.15) is 6.17 Å². The van der Waals surface area contributed by atoms with Crippen molar-refractivity contribution in [2.24, 2.45) is 0 Å². The number of nitrogens with zero attached hydrogens (tertiary/aromatic N) is 2. The van der Waals surface area contributed by atoms with E-state index in [0.29, 0.717) is 5.02 Å². The predicted molar refractivity (Wildman–Crippen MR) is 81.7 cm³/mol. The minimum atomic E-state index is -0.130. The number of amides is 1. The lowest BCUT2D eigenvalue weighted by atomic mass is 10.1. The number of carbonyl (C=O) groups excluding carboxylic acids is 1. The van der Waals surface area contributed by atoms with Gasteiger partial charge < -0.3 is 9.80 Å². The summed E-state index contributed by atoms with van der Waals surface area (Å²) < 4.78 is 0. The molecule has 0 bridgehead atoms. The largest absolute Gasteiger partial charge is 0.322 e. The summed E-state index contributed by atoms with van der Waals surface area (Å²) >= 11 is 5.92. The minimum absolute atomic E-state index is 0.0445. The lowest BCUT2D eigenvalue weighted by Gasteiger charge is -2.25. The molecule has 1 aromatic rings. The van der Waals surface area contributed by atoms with Crippen LogP contribution in [0.5, 0.6) is 0 Å². The third-order valence-electron chi connectivity index (χ3n) is 3.56. The van der Waals surface area contributed by atoms with Crippen LogP contribution >= 0.6 is 11.6 Å². The molecule has 1 heterocycles. The van der Waals surface area contributed by atoms with Crippen molar-refractivity contribution in [3.05, 3.63) is 34.9 Å². The maximum absolute atomic E-state index is 12.3. The lowest BCUT2D eigenvalue weighted by molar-refractivity contribution is -0.129. The molecule has 1 fully saturated rings. The molecule has 0 aromatic heterocycles. The molecular weight excluding hydrogens is 274 g/mol. The lowest BCUT2D eigenvalue weighted by Crippen LogP contribution is -2.33. The molecule has 0 radical (unpaired) electrons. The second-order valence-electron chi connectivity index (χ2n) is 5.53. The van der Waals surface area contributed by atoms with Crippen LogP contribution in [0.1, 0.15) is 25.1 Å². The summed E-state index contributed by atoms with van der Waals surface area (Å²) in [6.07, 6.45) is 0.925. The van der Waals surface area contributed by atoms with Gasteiger partial charge >= 0.3 is 0 Å². The molecule has 1 amide bonds. The third-order valence-corrected chi connectivity index (χ3v) is 3.82. The molecule has 5 heteroatoms. The number of halogens is 1. The van der Waals surface area contributed by atoms with Gasteiger partial charge in [0, 0.05) is 11.6 Å². The monoisotopic (exact) mass is 295 g/mol. The van der Waals surface area contributed by atoms with E-state index in [2.05, 4.69) is 10.2 Å². The highest BCUT2D eigenvalue weighted by molar-refractivity contribution is 6.30. The van der Waals surface area contributed by atoms with Crippen LogP contribution in [-0.4, -0.2) is 48.9 Å². The molecule has 1 saturated heterocycles. The first-order chi connectivity index (χ1) is 9.49. The van der Waals surface area contributed by atoms with Crippen molar-refractivity contribution in [3.8, 4) is 0 Å². The number of hydrogen-bond acceptors (Lipinski definition) is 3. The Hall–Kier alpha value is -1.10. The normalized spacial score (nSPS) is 22.9. The fourth-order valence-electron chi connectivity index (χ4n) is 2.49. The third kappa shape index (κ3) is 3.51. The fraction of sp³-hybridized carbons (Fsp3) is 0.533. The van der Waals surface area contributed by atoms with Gasteiger partial charge in [-0.1, -0.05) is 23.7 Å². The minimum Gasteiger partial charge on any atom is -0.322 e. The molecule has 0 spiro atoms. The Morgan fingerprint density at radius 1 is 1.30 bits per heavy atom. The molecule has 2 rings (SSSR count). The molecular formula is C15H22ClN3O. The predicted octanol–water partition coefficient (Wildman–Crippen LogP) is 2.11. The number of hydrogen-bond donors (Lipinski definition) is 1. The quantitative estimate of drug-likeness (QED) is 0.904. The van der Waals surface area contributed by atoms with Gasteiger partial charge in [-0.05, 0) is 51.7 Å². The Labute approximate surface area is 125 Å². The first kappa shape index (κ1) is 15.3. The molecule has 2 atom stereocenters. The summed E-state index contributed by atoms with van der Waals surface area (Å²) in [5.74, 6) is 0.170. The molecule has 20 heavy (non-hydrogen) atoms. The zero-order chi connectivity index (χ0) is 14.7. The molecule has 0 aliphatic carbocycles. The van der Waals surface area contributed by atoms with Crippen molar-refractivity contribution in [1.82, 2.24) is 15.1 Å². The van der Waals surface area contributed by atoms with E-state index in [1.165, 1.54) is 0 Å². The molecule has 4 nitrogen and oxygen atoms in total. The van der Waals surface area contributed by atoms with Gasteiger partial charge in [-0.25, -0.2) is 0 Å². The second-order valence-corrected chi connectivity index (χ2v) is 5.97. The van der Waals surface area contributed by atoms with E-state index in [-0.39, 0.29) is 18.1 Å². The van der Waals surface area contributed by atoms with Gasteiger partial charge in [0.15, 0.2) is 0 Å². The molecule has 0 saturated carbocycles. The van der Waals surface area contributed by atoms with Crippen molar-refractivity contribution in [2.45, 2.75) is 25.6 Å². The SMILES string of the molecule is CC1NC(c2ccc(Cl)cc2)N(CCCN(C)C)C1=O. The molecule has 1 aromatic carbocycles. The van der Waals surface area contributed by atoms with E-state index in [9.17, 15) is 4.79 Å². The zero-order valence-electron chi connectivity index (χ0n) is 12.3. The topological polar surface area (TPSA) is 35.6 Å². The summed E-state index contributed by atoms with van der Waals surface area (Å²) in [5, 5.41) is 4.06. The van der Waals surface area contributed by atoms with E-state index in [1.807, 2.05) is 50.2 Å². The Kier molecular flexibility index (Phi) is 5.02. The first-order valence-corrected chi connectivity index (χ1v) is 7.33. The molecule has 1 aliphatic rings.